The lowest BCUT2D eigenvalue weighted by molar-refractivity contribution is 0.859. The lowest BCUT2D eigenvalue weighted by Gasteiger charge is -2.18. The van der Waals surface area contributed by atoms with Gasteiger partial charge in [-0.3, -0.25) is 4.99 Å². The van der Waals surface area contributed by atoms with Gasteiger partial charge in [-0.05, 0) is 81.7 Å². The molecule has 1 aliphatic carbocycles. The minimum atomic E-state index is -0.0663. The Kier molecular flexibility index (Phi) is 10.5. The van der Waals surface area contributed by atoms with E-state index < -0.39 is 0 Å². The Balaban J connectivity index is 0.00000203. The molecule has 262 valence electrons. The molecule has 0 bridgehead atoms. The van der Waals surface area contributed by atoms with Crippen LogP contribution in [0.1, 0.15) is 46.2 Å². The zero-order valence-electron chi connectivity index (χ0n) is 30.3. The fraction of sp³-hybridized carbons (Fsp3) is 0.0784. The summed E-state index contributed by atoms with van der Waals surface area (Å²) in [6, 6.07) is 63.2. The molecule has 0 amide bonds. The van der Waals surface area contributed by atoms with Crippen molar-refractivity contribution in [2.24, 2.45) is 10.7 Å². The van der Waals surface area contributed by atoms with E-state index in [0.29, 0.717) is 5.92 Å². The number of nitrogens with two attached hydrogens (primary N) is 1. The van der Waals surface area contributed by atoms with Gasteiger partial charge >= 0.3 is 0 Å². The van der Waals surface area contributed by atoms with E-state index in [4.69, 9.17) is 4.99 Å². The molecule has 0 saturated heterocycles. The third kappa shape index (κ3) is 7.25. The van der Waals surface area contributed by atoms with Crippen LogP contribution in [0, 0.1) is 0 Å². The van der Waals surface area contributed by atoms with Gasteiger partial charge in [0.15, 0.2) is 0 Å². The molecule has 1 aliphatic rings. The van der Waals surface area contributed by atoms with Gasteiger partial charge < -0.3 is 5.73 Å². The molecule has 0 fully saturated rings. The maximum atomic E-state index is 5.23. The molecule has 9 rings (SSSR count). The highest BCUT2D eigenvalue weighted by atomic mass is 32.1. The van der Waals surface area contributed by atoms with Crippen molar-refractivity contribution < 1.29 is 0 Å². The van der Waals surface area contributed by atoms with Gasteiger partial charge in [-0.1, -0.05) is 176 Å². The first-order valence-corrected chi connectivity index (χ1v) is 19.4. The van der Waals surface area contributed by atoms with Gasteiger partial charge in [0.2, 0.25) is 0 Å². The molecule has 7 aromatic carbocycles. The topological polar surface area (TPSA) is 38.4 Å². The molecule has 54 heavy (non-hydrogen) atoms. The predicted octanol–water partition coefficient (Wildman–Crippen LogP) is 13.3. The number of benzene rings is 7. The molecule has 0 aliphatic heterocycles. The Labute approximate surface area is 322 Å². The van der Waals surface area contributed by atoms with E-state index in [9.17, 15) is 0 Å². The summed E-state index contributed by atoms with van der Waals surface area (Å²) in [6.07, 6.45) is 10.2. The highest BCUT2D eigenvalue weighted by Gasteiger charge is 2.17. The van der Waals surface area contributed by atoms with E-state index >= 15 is 0 Å². The average molecular weight is 715 g/mol. The lowest BCUT2D eigenvalue weighted by Crippen LogP contribution is -1.99. The van der Waals surface area contributed by atoms with E-state index in [2.05, 4.69) is 206 Å². The maximum Gasteiger partial charge on any atom is 0.0999 e. The van der Waals surface area contributed by atoms with Crippen LogP contribution in [0.4, 0.5) is 0 Å². The van der Waals surface area contributed by atoms with Crippen molar-refractivity contribution in [3.63, 3.8) is 0 Å². The molecule has 2 N–H and O–H groups in total. The standard InChI is InChI=1S/C50H37NS.CH5N/c1-4-14-36(15-5-1)44-23-10-11-24-45(44)37-28-26-35(27-29-37)40-20-12-21-41(32-40)42-30-31-47-46(33-42)49-43(22-13-25-48(49)52-47)34-51-50(38-16-6-2-7-17-38)39-18-8-3-9-19-39;1-2/h1-20,22-34,41,50H,21H2;2H2,1H3. The molecule has 1 heterocycles. The quantitative estimate of drug-likeness (QED) is 0.156. The van der Waals surface area contributed by atoms with Crippen molar-refractivity contribution in [3.05, 3.63) is 222 Å². The molecule has 2 nitrogen and oxygen atoms in total. The van der Waals surface area contributed by atoms with Crippen molar-refractivity contribution in [1.29, 1.82) is 0 Å². The number of nitrogens with zero attached hydrogens (tertiary/aromatic N) is 1. The fourth-order valence-electron chi connectivity index (χ4n) is 7.55. The van der Waals surface area contributed by atoms with Gasteiger partial charge in [-0.25, -0.2) is 0 Å². The summed E-state index contributed by atoms with van der Waals surface area (Å²) in [5, 5.41) is 2.59. The first-order valence-electron chi connectivity index (χ1n) is 18.6. The van der Waals surface area contributed by atoms with E-state index in [1.807, 2.05) is 11.3 Å². The number of thiophene rings is 1. The molecule has 1 unspecified atom stereocenters. The summed E-state index contributed by atoms with van der Waals surface area (Å²) in [4.78, 5) is 5.23. The van der Waals surface area contributed by atoms with Gasteiger partial charge in [0.25, 0.3) is 0 Å². The third-order valence-corrected chi connectivity index (χ3v) is 11.3. The smallest absolute Gasteiger partial charge is 0.0999 e. The van der Waals surface area contributed by atoms with Crippen LogP contribution in [-0.4, -0.2) is 13.3 Å². The minimum Gasteiger partial charge on any atom is -0.333 e. The molecule has 1 atom stereocenters. The van der Waals surface area contributed by atoms with Crippen molar-refractivity contribution in [1.82, 2.24) is 0 Å². The summed E-state index contributed by atoms with van der Waals surface area (Å²) >= 11 is 1.86. The van der Waals surface area contributed by atoms with Crippen LogP contribution in [0.25, 0.3) is 48.0 Å². The minimum absolute atomic E-state index is 0.0663. The first-order chi connectivity index (χ1) is 26.8. The van der Waals surface area contributed by atoms with Crippen LogP contribution < -0.4 is 5.73 Å². The Morgan fingerprint density at radius 2 is 1.19 bits per heavy atom. The maximum absolute atomic E-state index is 5.23. The molecule has 0 spiro atoms. The second-order valence-electron chi connectivity index (χ2n) is 13.4. The average Bonchev–Trinajstić information content (AvgIpc) is 3.64. The third-order valence-electron chi connectivity index (χ3n) is 10.2. The Morgan fingerprint density at radius 3 is 1.85 bits per heavy atom. The first kappa shape index (κ1) is 34.9. The predicted molar refractivity (Wildman–Crippen MR) is 234 cm³/mol. The molecule has 0 saturated carbocycles. The Morgan fingerprint density at radius 1 is 0.593 bits per heavy atom. The number of hydrogen-bond donors (Lipinski definition) is 1. The highest BCUT2D eigenvalue weighted by Crippen LogP contribution is 2.40. The second kappa shape index (κ2) is 16.3. The van der Waals surface area contributed by atoms with Gasteiger partial charge in [-0.2, -0.15) is 0 Å². The zero-order valence-corrected chi connectivity index (χ0v) is 31.2. The van der Waals surface area contributed by atoms with E-state index in [1.165, 1.54) is 77.3 Å². The molecule has 8 aromatic rings. The van der Waals surface area contributed by atoms with Gasteiger partial charge in [0.05, 0.1) is 6.04 Å². The summed E-state index contributed by atoms with van der Waals surface area (Å²) in [6.45, 7) is 0. The number of allylic oxidation sites excluding steroid dienone is 4. The summed E-state index contributed by atoms with van der Waals surface area (Å²) < 4.78 is 2.60. The van der Waals surface area contributed by atoms with Crippen molar-refractivity contribution in [3.8, 4) is 22.3 Å². The molecule has 0 radical (unpaired) electrons. The van der Waals surface area contributed by atoms with E-state index in [1.54, 1.807) is 0 Å². The Hall–Kier alpha value is -6.13. The second-order valence-corrected chi connectivity index (χ2v) is 14.5. The SMILES string of the molecule is C1=CC(c2ccc(-c3ccccc3-c3ccccc3)cc2)=CC(c2ccc3sc4cccc(C=NC(c5ccccc5)c5ccccc5)c4c3c2)C1.CN. The number of aliphatic imine (C=N–C) groups is 1. The Bertz CT molecular complexity index is 2540. The van der Waals surface area contributed by atoms with Gasteiger partial charge in [-0.15, -0.1) is 11.3 Å². The largest absolute Gasteiger partial charge is 0.333 e. The monoisotopic (exact) mass is 714 g/mol. The summed E-state index contributed by atoms with van der Waals surface area (Å²) in [5.74, 6) is 0.305. The number of rotatable bonds is 8. The summed E-state index contributed by atoms with van der Waals surface area (Å²) in [7, 11) is 1.50. The number of hydrogen-bond acceptors (Lipinski definition) is 3. The van der Waals surface area contributed by atoms with Crippen LogP contribution in [-0.2, 0) is 0 Å². The van der Waals surface area contributed by atoms with Crippen molar-refractivity contribution in [2.75, 3.05) is 7.05 Å². The van der Waals surface area contributed by atoms with Crippen molar-refractivity contribution >= 4 is 43.3 Å². The van der Waals surface area contributed by atoms with Crippen LogP contribution in [0.15, 0.2) is 199 Å². The van der Waals surface area contributed by atoms with Crippen LogP contribution in [0.2, 0.25) is 0 Å². The van der Waals surface area contributed by atoms with Crippen molar-refractivity contribution in [2.45, 2.75) is 18.4 Å². The highest BCUT2D eigenvalue weighted by molar-refractivity contribution is 7.25. The van der Waals surface area contributed by atoms with Crippen LogP contribution in [0.5, 0.6) is 0 Å². The summed E-state index contributed by atoms with van der Waals surface area (Å²) in [5.41, 5.74) is 16.9. The van der Waals surface area contributed by atoms with Gasteiger partial charge in [0, 0.05) is 37.9 Å². The lowest BCUT2D eigenvalue weighted by atomic mass is 9.86. The zero-order chi connectivity index (χ0) is 36.7. The normalized spacial score (nSPS) is 14.0. The van der Waals surface area contributed by atoms with E-state index in [-0.39, 0.29) is 6.04 Å². The fourth-order valence-corrected chi connectivity index (χ4v) is 8.67. The molecular weight excluding hydrogens is 673 g/mol. The van der Waals surface area contributed by atoms with Crippen LogP contribution in [0.3, 0.4) is 0 Å². The van der Waals surface area contributed by atoms with Crippen LogP contribution >= 0.6 is 11.3 Å². The van der Waals surface area contributed by atoms with E-state index in [0.717, 1.165) is 12.0 Å². The molecule has 3 heteroatoms. The number of fused-ring (bicyclic) bond motifs is 3. The molecule has 1 aromatic heterocycles. The molecular formula is C51H42N2S. The van der Waals surface area contributed by atoms with Gasteiger partial charge in [0.1, 0.15) is 0 Å².